The fourth-order valence-electron chi connectivity index (χ4n) is 3.15. The van der Waals surface area contributed by atoms with Crippen LogP contribution >= 0.6 is 23.4 Å². The van der Waals surface area contributed by atoms with Crippen molar-refractivity contribution < 1.29 is 4.79 Å². The number of benzene rings is 3. The van der Waals surface area contributed by atoms with Gasteiger partial charge in [0.1, 0.15) is 0 Å². The molecule has 0 unspecified atom stereocenters. The first kappa shape index (κ1) is 18.7. The molecule has 4 aromatic rings. The van der Waals surface area contributed by atoms with E-state index in [1.807, 2.05) is 31.3 Å². The fourth-order valence-corrected chi connectivity index (χ4v) is 4.31. The van der Waals surface area contributed by atoms with E-state index in [9.17, 15) is 4.79 Å². The number of halogens is 1. The van der Waals surface area contributed by atoms with Crippen molar-refractivity contribution in [3.8, 4) is 0 Å². The number of fused-ring (bicyclic) bond motifs is 1. The summed E-state index contributed by atoms with van der Waals surface area (Å²) < 4.78 is 2.08. The lowest BCUT2D eigenvalue weighted by Gasteiger charge is -2.09. The average Bonchev–Trinajstić information content (AvgIpc) is 2.98. The summed E-state index contributed by atoms with van der Waals surface area (Å²) in [5.74, 6) is -0.131. The van der Waals surface area contributed by atoms with E-state index in [0.717, 1.165) is 20.8 Å². The Kier molecular flexibility index (Phi) is 5.16. The molecule has 5 heteroatoms. The minimum absolute atomic E-state index is 0.131. The Balaban J connectivity index is 1.77. The lowest BCUT2D eigenvalue weighted by atomic mass is 10.1. The van der Waals surface area contributed by atoms with E-state index in [4.69, 9.17) is 11.6 Å². The van der Waals surface area contributed by atoms with Crippen LogP contribution in [-0.4, -0.2) is 10.5 Å². The number of hydrogen-bond donors (Lipinski definition) is 1. The molecule has 0 bridgehead atoms. The lowest BCUT2D eigenvalue weighted by molar-refractivity contribution is 0.102. The zero-order valence-corrected chi connectivity index (χ0v) is 17.1. The molecule has 1 amide bonds. The predicted molar refractivity (Wildman–Crippen MR) is 118 cm³/mol. The van der Waals surface area contributed by atoms with Gasteiger partial charge in [0, 0.05) is 33.6 Å². The zero-order chi connectivity index (χ0) is 19.7. The Morgan fingerprint density at radius 2 is 1.64 bits per heavy atom. The van der Waals surface area contributed by atoms with Crippen LogP contribution in [0, 0.1) is 6.92 Å². The summed E-state index contributed by atoms with van der Waals surface area (Å²) in [4.78, 5) is 14.3. The number of carbonyl (C=O) groups is 1. The van der Waals surface area contributed by atoms with Gasteiger partial charge in [0.15, 0.2) is 0 Å². The van der Waals surface area contributed by atoms with Crippen LogP contribution in [0.15, 0.2) is 82.7 Å². The maximum atomic E-state index is 13.2. The molecule has 0 aliphatic carbocycles. The monoisotopic (exact) mass is 406 g/mol. The molecule has 0 saturated carbocycles. The van der Waals surface area contributed by atoms with E-state index in [-0.39, 0.29) is 5.91 Å². The van der Waals surface area contributed by atoms with Crippen LogP contribution in [0.3, 0.4) is 0 Å². The Bertz CT molecular complexity index is 1150. The second-order valence-corrected chi connectivity index (χ2v) is 8.13. The molecular weight excluding hydrogens is 388 g/mol. The van der Waals surface area contributed by atoms with Crippen LogP contribution in [0.25, 0.3) is 10.9 Å². The number of hydrogen-bond acceptors (Lipinski definition) is 2. The summed E-state index contributed by atoms with van der Waals surface area (Å²) in [5.41, 5.74) is 3.63. The van der Waals surface area contributed by atoms with Crippen molar-refractivity contribution in [3.05, 3.63) is 88.9 Å². The number of carbonyl (C=O) groups excluding carboxylic acids is 1. The molecule has 28 heavy (non-hydrogen) atoms. The number of nitrogens with zero attached hydrogens (tertiary/aromatic N) is 1. The summed E-state index contributed by atoms with van der Waals surface area (Å²) in [6.07, 6.45) is 0. The third-order valence-electron chi connectivity index (χ3n) is 4.62. The van der Waals surface area contributed by atoms with E-state index >= 15 is 0 Å². The Labute approximate surface area is 173 Å². The maximum absolute atomic E-state index is 13.2. The Hall–Kier alpha value is -2.69. The SMILES string of the molecule is Cc1ccc(Sc2c(C(=O)Nc3ccc(Cl)cc3)c3ccccc3n2C)cc1. The van der Waals surface area contributed by atoms with E-state index in [1.54, 1.807) is 36.0 Å². The number of nitrogens with one attached hydrogen (secondary N) is 1. The van der Waals surface area contributed by atoms with Crippen molar-refractivity contribution >= 4 is 45.9 Å². The van der Waals surface area contributed by atoms with Gasteiger partial charge in [-0.05, 0) is 49.4 Å². The van der Waals surface area contributed by atoms with Crippen LogP contribution < -0.4 is 5.32 Å². The van der Waals surface area contributed by atoms with E-state index in [2.05, 4.69) is 41.1 Å². The Morgan fingerprint density at radius 1 is 0.964 bits per heavy atom. The number of rotatable bonds is 4. The van der Waals surface area contributed by atoms with Crippen molar-refractivity contribution in [2.75, 3.05) is 5.32 Å². The summed E-state index contributed by atoms with van der Waals surface area (Å²) in [5, 5.41) is 5.49. The zero-order valence-electron chi connectivity index (χ0n) is 15.6. The van der Waals surface area contributed by atoms with Crippen molar-refractivity contribution in [1.29, 1.82) is 0 Å². The highest BCUT2D eigenvalue weighted by Gasteiger charge is 2.22. The summed E-state index contributed by atoms with van der Waals surface area (Å²) in [6, 6.07) is 23.4. The highest BCUT2D eigenvalue weighted by molar-refractivity contribution is 7.99. The molecule has 0 saturated heterocycles. The molecule has 140 valence electrons. The minimum Gasteiger partial charge on any atom is -0.338 e. The van der Waals surface area contributed by atoms with Gasteiger partial charge < -0.3 is 9.88 Å². The van der Waals surface area contributed by atoms with Gasteiger partial charge in [0.2, 0.25) is 0 Å². The molecule has 1 aromatic heterocycles. The summed E-state index contributed by atoms with van der Waals surface area (Å²) in [6.45, 7) is 2.07. The third kappa shape index (κ3) is 3.66. The highest BCUT2D eigenvalue weighted by Crippen LogP contribution is 2.37. The quantitative estimate of drug-likeness (QED) is 0.417. The molecule has 0 aliphatic rings. The molecule has 1 N–H and O–H groups in total. The molecule has 3 nitrogen and oxygen atoms in total. The molecule has 0 fully saturated rings. The van der Waals surface area contributed by atoms with Crippen LogP contribution in [0.5, 0.6) is 0 Å². The van der Waals surface area contributed by atoms with E-state index in [1.165, 1.54) is 5.56 Å². The smallest absolute Gasteiger partial charge is 0.259 e. The highest BCUT2D eigenvalue weighted by atomic mass is 35.5. The number of anilines is 1. The molecule has 4 rings (SSSR count). The fraction of sp³-hybridized carbons (Fsp3) is 0.0870. The van der Waals surface area contributed by atoms with Gasteiger partial charge in [0.25, 0.3) is 5.91 Å². The van der Waals surface area contributed by atoms with Gasteiger partial charge in [-0.1, -0.05) is 59.3 Å². The predicted octanol–water partition coefficient (Wildman–Crippen LogP) is 6.54. The molecule has 0 atom stereocenters. The number of amides is 1. The van der Waals surface area contributed by atoms with Crippen molar-refractivity contribution in [2.45, 2.75) is 16.8 Å². The van der Waals surface area contributed by atoms with E-state index in [0.29, 0.717) is 16.3 Å². The number of para-hydroxylation sites is 1. The van der Waals surface area contributed by atoms with Gasteiger partial charge in [-0.15, -0.1) is 0 Å². The van der Waals surface area contributed by atoms with E-state index < -0.39 is 0 Å². The van der Waals surface area contributed by atoms with Gasteiger partial charge in [-0.25, -0.2) is 0 Å². The largest absolute Gasteiger partial charge is 0.338 e. The summed E-state index contributed by atoms with van der Waals surface area (Å²) in [7, 11) is 2.00. The second kappa shape index (κ2) is 7.74. The molecule has 0 spiro atoms. The standard InChI is InChI=1S/C23H19ClN2OS/c1-15-7-13-18(14-8-15)28-23-21(19-5-3-4-6-20(19)26(23)2)22(27)25-17-11-9-16(24)10-12-17/h3-14H,1-2H3,(H,25,27). The molecule has 0 radical (unpaired) electrons. The minimum atomic E-state index is -0.131. The first-order valence-electron chi connectivity index (χ1n) is 8.92. The number of aryl methyl sites for hydroxylation is 2. The van der Waals surface area contributed by atoms with Gasteiger partial charge in [0.05, 0.1) is 10.6 Å². The Morgan fingerprint density at radius 3 is 2.36 bits per heavy atom. The van der Waals surface area contributed by atoms with Crippen LogP contribution in [0.4, 0.5) is 5.69 Å². The van der Waals surface area contributed by atoms with Crippen LogP contribution in [-0.2, 0) is 7.05 Å². The third-order valence-corrected chi connectivity index (χ3v) is 6.05. The van der Waals surface area contributed by atoms with Crippen LogP contribution in [0.1, 0.15) is 15.9 Å². The van der Waals surface area contributed by atoms with Crippen molar-refractivity contribution in [3.63, 3.8) is 0 Å². The average molecular weight is 407 g/mol. The van der Waals surface area contributed by atoms with Gasteiger partial charge in [-0.3, -0.25) is 4.79 Å². The van der Waals surface area contributed by atoms with Crippen molar-refractivity contribution in [2.24, 2.45) is 7.05 Å². The maximum Gasteiger partial charge on any atom is 0.259 e. The molecule has 1 heterocycles. The number of aromatic nitrogens is 1. The normalized spacial score (nSPS) is 11.0. The summed E-state index contributed by atoms with van der Waals surface area (Å²) >= 11 is 7.55. The van der Waals surface area contributed by atoms with Crippen LogP contribution in [0.2, 0.25) is 5.02 Å². The van der Waals surface area contributed by atoms with Gasteiger partial charge >= 0.3 is 0 Å². The second-order valence-electron chi connectivity index (χ2n) is 6.63. The molecule has 0 aliphatic heterocycles. The van der Waals surface area contributed by atoms with Gasteiger partial charge in [-0.2, -0.15) is 0 Å². The first-order chi connectivity index (χ1) is 13.5. The first-order valence-corrected chi connectivity index (χ1v) is 10.1. The van der Waals surface area contributed by atoms with Crippen molar-refractivity contribution in [1.82, 2.24) is 4.57 Å². The topological polar surface area (TPSA) is 34.0 Å². The molecule has 3 aromatic carbocycles. The lowest BCUT2D eigenvalue weighted by Crippen LogP contribution is -2.12. The molecular formula is C23H19ClN2OS.